The van der Waals surface area contributed by atoms with Gasteiger partial charge in [0.2, 0.25) is 0 Å². The van der Waals surface area contributed by atoms with Crippen LogP contribution in [0.1, 0.15) is 13.3 Å². The fourth-order valence-electron chi connectivity index (χ4n) is 0.951. The summed E-state index contributed by atoms with van der Waals surface area (Å²) in [7, 11) is 0.00789. The van der Waals surface area contributed by atoms with Crippen LogP contribution in [0.2, 0.25) is 0 Å². The molecule has 6 nitrogen and oxygen atoms in total. The first-order chi connectivity index (χ1) is 7.66. The van der Waals surface area contributed by atoms with Crippen molar-refractivity contribution in [3.8, 4) is 0 Å². The Kier molecular flexibility index (Phi) is 6.36. The van der Waals surface area contributed by atoms with E-state index in [4.69, 9.17) is 0 Å². The van der Waals surface area contributed by atoms with Crippen molar-refractivity contribution in [1.82, 2.24) is 0 Å². The Bertz CT molecular complexity index is 372. The van der Waals surface area contributed by atoms with Crippen LogP contribution in [0.15, 0.2) is 12.3 Å². The molecule has 0 bridgehead atoms. The quantitative estimate of drug-likeness (QED) is 0.399. The summed E-state index contributed by atoms with van der Waals surface area (Å²) in [5, 5.41) is 0. The van der Waals surface area contributed by atoms with Crippen molar-refractivity contribution < 1.29 is 27.0 Å². The lowest BCUT2D eigenvalue weighted by Gasteiger charge is -2.28. The second-order valence-corrected chi connectivity index (χ2v) is 5.85. The first-order valence-corrected chi connectivity index (χ1v) is 6.87. The summed E-state index contributed by atoms with van der Waals surface area (Å²) in [5.74, 6) is -0.487. The molecule has 0 aromatic heterocycles. The lowest BCUT2D eigenvalue weighted by molar-refractivity contribution is -0.888. The molecule has 0 aromatic rings. The van der Waals surface area contributed by atoms with Crippen LogP contribution >= 0.6 is 0 Å². The van der Waals surface area contributed by atoms with E-state index in [0.29, 0.717) is 6.42 Å². The molecular weight excluding hydrogens is 246 g/mol. The number of hydrogen-bond donors (Lipinski definition) is 0. The third-order valence-electron chi connectivity index (χ3n) is 2.40. The average molecular weight is 265 g/mol. The van der Waals surface area contributed by atoms with E-state index in [1.165, 1.54) is 12.3 Å². The van der Waals surface area contributed by atoms with Crippen molar-refractivity contribution in [2.45, 2.75) is 13.3 Å². The monoisotopic (exact) mass is 265 g/mol. The highest BCUT2D eigenvalue weighted by atomic mass is 32.2. The maximum absolute atomic E-state index is 10.2. The van der Waals surface area contributed by atoms with Gasteiger partial charge in [0.25, 0.3) is 0 Å². The minimum absolute atomic E-state index is 0.241. The van der Waals surface area contributed by atoms with Gasteiger partial charge in [-0.2, -0.15) is 0 Å². The molecule has 0 saturated heterocycles. The van der Waals surface area contributed by atoms with Gasteiger partial charge in [0, 0.05) is 12.2 Å². The minimum Gasteiger partial charge on any atom is -0.748 e. The predicted octanol–water partition coefficient (Wildman–Crippen LogP) is 0.0749. The number of carbonyl (C=O) groups is 1. The molecule has 7 heteroatoms. The molecule has 17 heavy (non-hydrogen) atoms. The highest BCUT2D eigenvalue weighted by molar-refractivity contribution is 7.85. The van der Waals surface area contributed by atoms with Crippen LogP contribution in [-0.4, -0.2) is 56.4 Å². The zero-order valence-corrected chi connectivity index (χ0v) is 11.2. The van der Waals surface area contributed by atoms with Crippen molar-refractivity contribution in [1.29, 1.82) is 0 Å². The Balaban J connectivity index is 0.000000419. The largest absolute Gasteiger partial charge is 0.748 e. The van der Waals surface area contributed by atoms with Gasteiger partial charge in [-0.1, -0.05) is 0 Å². The van der Waals surface area contributed by atoms with Gasteiger partial charge < -0.3 is 13.8 Å². The molecule has 1 rings (SSSR count). The summed E-state index contributed by atoms with van der Waals surface area (Å²) < 4.78 is 35.6. The molecule has 0 N–H and O–H groups in total. The molecule has 0 saturated carbocycles. The Labute approximate surface area is 102 Å². The topological polar surface area (TPSA) is 83.5 Å². The second kappa shape index (κ2) is 6.73. The van der Waals surface area contributed by atoms with Crippen LogP contribution in [0.25, 0.3) is 0 Å². The third-order valence-corrected chi connectivity index (χ3v) is 3.19. The van der Waals surface area contributed by atoms with Gasteiger partial charge in [-0.3, -0.25) is 0 Å². The molecule has 0 fully saturated rings. The summed E-state index contributed by atoms with van der Waals surface area (Å²) in [6.45, 7) is 3.71. The van der Waals surface area contributed by atoms with Gasteiger partial charge in [-0.15, -0.1) is 0 Å². The number of nitrogens with zero attached hydrogens (tertiary/aromatic N) is 1. The van der Waals surface area contributed by atoms with Gasteiger partial charge >= 0.3 is 5.97 Å². The van der Waals surface area contributed by atoms with Crippen LogP contribution in [0.3, 0.4) is 0 Å². The summed E-state index contributed by atoms with van der Waals surface area (Å²) in [6, 6.07) is 0. The number of esters is 1. The fraction of sp³-hybridized carbons (Fsp3) is 0.700. The van der Waals surface area contributed by atoms with E-state index in [0.717, 1.165) is 17.6 Å². The van der Waals surface area contributed by atoms with E-state index >= 15 is 0 Å². The Morgan fingerprint density at radius 3 is 2.12 bits per heavy atom. The van der Waals surface area contributed by atoms with E-state index in [9.17, 15) is 17.8 Å². The molecule has 100 valence electrons. The van der Waals surface area contributed by atoms with E-state index in [1.54, 1.807) is 0 Å². The van der Waals surface area contributed by atoms with Crippen molar-refractivity contribution in [2.75, 3.05) is 32.9 Å². The lowest BCUT2D eigenvalue weighted by Crippen LogP contribution is -2.40. The normalized spacial score (nSPS) is 14.5. The molecule has 0 radical (unpaired) electrons. The summed E-state index contributed by atoms with van der Waals surface area (Å²) in [4.78, 5) is 9.59. The SMILES string of the molecule is CC[N+](C)(C)CCCS(=O)(=O)[O-].O=C1C=CO1. The van der Waals surface area contributed by atoms with Crippen LogP contribution < -0.4 is 0 Å². The van der Waals surface area contributed by atoms with Crippen molar-refractivity contribution in [2.24, 2.45) is 0 Å². The van der Waals surface area contributed by atoms with Gasteiger partial charge in [-0.05, 0) is 6.92 Å². The number of carbonyl (C=O) groups excluding carboxylic acids is 1. The van der Waals surface area contributed by atoms with Gasteiger partial charge in [0.1, 0.15) is 6.26 Å². The van der Waals surface area contributed by atoms with E-state index < -0.39 is 10.1 Å². The Morgan fingerprint density at radius 1 is 1.41 bits per heavy atom. The molecule has 0 aromatic carbocycles. The van der Waals surface area contributed by atoms with E-state index in [1.807, 2.05) is 21.0 Å². The number of ether oxygens (including phenoxy) is 1. The highest BCUT2D eigenvalue weighted by Crippen LogP contribution is 1.99. The van der Waals surface area contributed by atoms with Crippen molar-refractivity contribution >= 4 is 16.1 Å². The molecule has 0 atom stereocenters. The van der Waals surface area contributed by atoms with Crippen LogP contribution in [0.4, 0.5) is 0 Å². The molecule has 1 aliphatic rings. The molecule has 1 aliphatic heterocycles. The first kappa shape index (κ1) is 16.1. The Morgan fingerprint density at radius 2 is 1.88 bits per heavy atom. The summed E-state index contributed by atoms with van der Waals surface area (Å²) in [5.41, 5.74) is 0. The fourth-order valence-corrected chi connectivity index (χ4v) is 1.43. The smallest absolute Gasteiger partial charge is 0.338 e. The summed E-state index contributed by atoms with van der Waals surface area (Å²) >= 11 is 0. The Hall–Kier alpha value is -0.920. The molecule has 1 heterocycles. The van der Waals surface area contributed by atoms with Crippen LogP contribution in [0.5, 0.6) is 0 Å². The predicted molar refractivity (Wildman–Crippen MR) is 61.9 cm³/mol. The molecule has 0 amide bonds. The third kappa shape index (κ3) is 9.98. The van der Waals surface area contributed by atoms with E-state index in [2.05, 4.69) is 4.74 Å². The average Bonchev–Trinajstić information content (AvgIpc) is 2.13. The van der Waals surface area contributed by atoms with E-state index in [-0.39, 0.29) is 11.7 Å². The zero-order valence-electron chi connectivity index (χ0n) is 10.4. The number of cyclic esters (lactones) is 1. The molecule has 0 spiro atoms. The highest BCUT2D eigenvalue weighted by Gasteiger charge is 2.11. The van der Waals surface area contributed by atoms with Gasteiger partial charge in [0.05, 0.1) is 43.4 Å². The van der Waals surface area contributed by atoms with Crippen LogP contribution in [0, 0.1) is 0 Å². The zero-order chi connectivity index (χ0) is 13.5. The van der Waals surface area contributed by atoms with Gasteiger partial charge in [-0.25, -0.2) is 13.2 Å². The maximum atomic E-state index is 10.2. The number of quaternary nitrogens is 1. The van der Waals surface area contributed by atoms with Crippen molar-refractivity contribution in [3.05, 3.63) is 12.3 Å². The molecule has 0 unspecified atom stereocenters. The molecular formula is C10H19NO5S. The van der Waals surface area contributed by atoms with Crippen molar-refractivity contribution in [3.63, 3.8) is 0 Å². The standard InChI is InChI=1S/C7H17NO3S.C3H2O2/c1-4-8(2,3)6-5-7-12(9,10)11;4-3-1-2-5-3/h4-7H2,1-3H3;1-2H. The minimum atomic E-state index is -4.01. The summed E-state index contributed by atoms with van der Waals surface area (Å²) in [6.07, 6.45) is 3.16. The number of rotatable bonds is 5. The second-order valence-electron chi connectivity index (χ2n) is 4.33. The van der Waals surface area contributed by atoms with Gasteiger partial charge in [0.15, 0.2) is 0 Å². The first-order valence-electron chi connectivity index (χ1n) is 5.29. The van der Waals surface area contributed by atoms with Crippen LogP contribution in [-0.2, 0) is 19.6 Å². The molecule has 0 aliphatic carbocycles. The number of hydrogen-bond acceptors (Lipinski definition) is 5. The maximum Gasteiger partial charge on any atom is 0.338 e. The lowest BCUT2D eigenvalue weighted by atomic mass is 10.4.